The van der Waals surface area contributed by atoms with Gasteiger partial charge in [0.15, 0.2) is 0 Å². The van der Waals surface area contributed by atoms with Crippen molar-refractivity contribution in [3.05, 3.63) is 0 Å². The molecule has 0 unspecified atom stereocenters. The number of hydrogen-bond donors (Lipinski definition) is 1. The van der Waals surface area contributed by atoms with E-state index in [-0.39, 0.29) is 12.8 Å². The monoisotopic (exact) mass is 204 g/mol. The normalized spacial score (nSPS) is 9.79. The first kappa shape index (κ1) is 12.9. The second-order valence-electron chi connectivity index (χ2n) is 2.88. The summed E-state index contributed by atoms with van der Waals surface area (Å²) >= 11 is 0. The number of aliphatic carboxylic acids is 1. The van der Waals surface area contributed by atoms with E-state index in [1.807, 2.05) is 6.92 Å². The molecule has 82 valence electrons. The zero-order valence-electron chi connectivity index (χ0n) is 8.32. The molecule has 0 spiro atoms. The van der Waals surface area contributed by atoms with E-state index >= 15 is 0 Å². The van der Waals surface area contributed by atoms with Crippen molar-refractivity contribution in [3.63, 3.8) is 0 Å². The molecule has 0 aliphatic rings. The Morgan fingerprint density at radius 3 is 2.43 bits per heavy atom. The van der Waals surface area contributed by atoms with E-state index in [1.165, 1.54) is 0 Å². The van der Waals surface area contributed by atoms with Crippen molar-refractivity contribution in [2.45, 2.75) is 39.0 Å². The van der Waals surface area contributed by atoms with Crippen LogP contribution >= 0.6 is 0 Å². The van der Waals surface area contributed by atoms with Crippen molar-refractivity contribution in [2.75, 3.05) is 6.61 Å². The minimum absolute atomic E-state index is 0.0864. The van der Waals surface area contributed by atoms with Crippen LogP contribution in [0, 0.1) is 0 Å². The van der Waals surface area contributed by atoms with E-state index in [0.717, 1.165) is 6.42 Å². The summed E-state index contributed by atoms with van der Waals surface area (Å²) in [5.41, 5.74) is 0. The first-order valence-corrected chi connectivity index (χ1v) is 4.71. The van der Waals surface area contributed by atoms with Crippen LogP contribution in [0.15, 0.2) is 0 Å². The van der Waals surface area contributed by atoms with Gasteiger partial charge in [-0.1, -0.05) is 6.92 Å². The van der Waals surface area contributed by atoms with E-state index in [0.29, 0.717) is 19.4 Å². The first-order valence-electron chi connectivity index (χ1n) is 4.71. The summed E-state index contributed by atoms with van der Waals surface area (Å²) in [6.45, 7) is 2.29. The van der Waals surface area contributed by atoms with Crippen molar-refractivity contribution in [1.82, 2.24) is 0 Å². The van der Waals surface area contributed by atoms with E-state index < -0.39 is 11.9 Å². The van der Waals surface area contributed by atoms with Gasteiger partial charge in [-0.2, -0.15) is 4.89 Å². The molecule has 0 amide bonds. The van der Waals surface area contributed by atoms with E-state index in [1.54, 1.807) is 0 Å². The van der Waals surface area contributed by atoms with Crippen LogP contribution in [-0.4, -0.2) is 23.7 Å². The molecule has 0 aromatic carbocycles. The van der Waals surface area contributed by atoms with Crippen LogP contribution in [0.5, 0.6) is 0 Å². The highest BCUT2D eigenvalue weighted by atomic mass is 17.2. The molecule has 0 saturated carbocycles. The molecule has 0 fully saturated rings. The Morgan fingerprint density at radius 1 is 1.21 bits per heavy atom. The van der Waals surface area contributed by atoms with Crippen LogP contribution in [0.25, 0.3) is 0 Å². The molecular formula is C9H16O5. The topological polar surface area (TPSA) is 72.8 Å². The Kier molecular flexibility index (Phi) is 7.83. The molecule has 0 aliphatic heterocycles. The maximum atomic E-state index is 10.9. The molecule has 14 heavy (non-hydrogen) atoms. The minimum atomic E-state index is -0.847. The molecule has 0 aromatic heterocycles. The van der Waals surface area contributed by atoms with E-state index in [4.69, 9.17) is 5.11 Å². The third kappa shape index (κ3) is 8.99. The molecular weight excluding hydrogens is 188 g/mol. The van der Waals surface area contributed by atoms with Crippen molar-refractivity contribution in [1.29, 1.82) is 0 Å². The molecule has 0 bridgehead atoms. The number of carbonyl (C=O) groups excluding carboxylic acids is 1. The summed E-state index contributed by atoms with van der Waals surface area (Å²) in [5.74, 6) is -1.29. The lowest BCUT2D eigenvalue weighted by molar-refractivity contribution is -0.272. The average molecular weight is 204 g/mol. The van der Waals surface area contributed by atoms with E-state index in [2.05, 4.69) is 9.78 Å². The van der Waals surface area contributed by atoms with Crippen LogP contribution in [0.1, 0.15) is 39.0 Å². The van der Waals surface area contributed by atoms with Crippen LogP contribution in [0.2, 0.25) is 0 Å². The lowest BCUT2D eigenvalue weighted by atomic mass is 10.2. The Labute approximate surface area is 82.9 Å². The molecule has 5 nitrogen and oxygen atoms in total. The van der Waals surface area contributed by atoms with Gasteiger partial charge in [0.05, 0.1) is 6.61 Å². The smallest absolute Gasteiger partial charge is 0.342 e. The molecule has 5 heteroatoms. The zero-order chi connectivity index (χ0) is 10.8. The Morgan fingerprint density at radius 2 is 1.86 bits per heavy atom. The summed E-state index contributed by atoms with van der Waals surface area (Å²) in [5, 5.41) is 8.31. The number of carboxylic acids is 1. The summed E-state index contributed by atoms with van der Waals surface area (Å²) < 4.78 is 0. The third-order valence-corrected chi connectivity index (χ3v) is 1.46. The predicted octanol–water partition coefficient (Wildman–Crippen LogP) is 1.52. The molecule has 0 heterocycles. The van der Waals surface area contributed by atoms with Gasteiger partial charge in [-0.15, -0.1) is 0 Å². The fourth-order valence-electron chi connectivity index (χ4n) is 0.778. The number of carboxylic acid groups (broad SMARTS) is 1. The highest BCUT2D eigenvalue weighted by molar-refractivity contribution is 5.69. The molecule has 0 rings (SSSR count). The summed E-state index contributed by atoms with van der Waals surface area (Å²) in [6, 6.07) is 0. The molecule has 1 N–H and O–H groups in total. The summed E-state index contributed by atoms with van der Waals surface area (Å²) in [7, 11) is 0. The Balaban J connectivity index is 3.22. The van der Waals surface area contributed by atoms with Crippen molar-refractivity contribution in [3.8, 4) is 0 Å². The predicted molar refractivity (Wildman–Crippen MR) is 48.4 cm³/mol. The lowest BCUT2D eigenvalue weighted by Crippen LogP contribution is -2.06. The zero-order valence-corrected chi connectivity index (χ0v) is 8.32. The number of unbranched alkanes of at least 4 members (excludes halogenated alkanes) is 1. The fraction of sp³-hybridized carbons (Fsp3) is 0.778. The maximum absolute atomic E-state index is 10.9. The highest BCUT2D eigenvalue weighted by Crippen LogP contribution is 2.01. The van der Waals surface area contributed by atoms with E-state index in [9.17, 15) is 9.59 Å². The molecule has 0 saturated heterocycles. The fourth-order valence-corrected chi connectivity index (χ4v) is 0.778. The van der Waals surface area contributed by atoms with Gasteiger partial charge in [0.2, 0.25) is 0 Å². The largest absolute Gasteiger partial charge is 0.481 e. The maximum Gasteiger partial charge on any atom is 0.342 e. The van der Waals surface area contributed by atoms with Gasteiger partial charge in [0, 0.05) is 12.8 Å². The second-order valence-corrected chi connectivity index (χ2v) is 2.88. The van der Waals surface area contributed by atoms with Gasteiger partial charge < -0.3 is 5.11 Å². The van der Waals surface area contributed by atoms with Crippen LogP contribution < -0.4 is 0 Å². The highest BCUT2D eigenvalue weighted by Gasteiger charge is 2.04. The molecule has 0 aromatic rings. The quantitative estimate of drug-likeness (QED) is 0.368. The third-order valence-electron chi connectivity index (χ3n) is 1.46. The van der Waals surface area contributed by atoms with Gasteiger partial charge in [-0.25, -0.2) is 4.79 Å². The van der Waals surface area contributed by atoms with Crippen LogP contribution in [0.4, 0.5) is 0 Å². The standard InChI is InChI=1S/C9H16O5/c1-2-7-13-14-9(12)6-4-3-5-8(10)11/h2-7H2,1H3,(H,10,11). The summed E-state index contributed by atoms with van der Waals surface area (Å²) in [4.78, 5) is 29.9. The molecule has 0 aliphatic carbocycles. The molecule has 0 radical (unpaired) electrons. The number of hydrogen-bond acceptors (Lipinski definition) is 4. The van der Waals surface area contributed by atoms with Gasteiger partial charge >= 0.3 is 11.9 Å². The van der Waals surface area contributed by atoms with Gasteiger partial charge in [0.25, 0.3) is 0 Å². The average Bonchev–Trinajstić information content (AvgIpc) is 2.13. The molecule has 0 atom stereocenters. The van der Waals surface area contributed by atoms with Gasteiger partial charge in [-0.05, 0) is 19.3 Å². The van der Waals surface area contributed by atoms with Crippen molar-refractivity contribution < 1.29 is 24.5 Å². The minimum Gasteiger partial charge on any atom is -0.481 e. The van der Waals surface area contributed by atoms with Gasteiger partial charge in [-0.3, -0.25) is 9.68 Å². The number of carbonyl (C=O) groups is 2. The Bertz CT molecular complexity index is 178. The SMILES string of the molecule is CCCOOC(=O)CCCCC(=O)O. The van der Waals surface area contributed by atoms with Gasteiger partial charge in [0.1, 0.15) is 0 Å². The number of rotatable bonds is 8. The Hall–Kier alpha value is -1.10. The second kappa shape index (κ2) is 8.50. The first-order chi connectivity index (χ1) is 6.66. The summed E-state index contributed by atoms with van der Waals surface area (Å²) in [6.07, 6.45) is 2.07. The van der Waals surface area contributed by atoms with Crippen molar-refractivity contribution >= 4 is 11.9 Å². The van der Waals surface area contributed by atoms with Crippen LogP contribution in [0.3, 0.4) is 0 Å². The van der Waals surface area contributed by atoms with Crippen LogP contribution in [-0.2, 0) is 19.4 Å². The lowest BCUT2D eigenvalue weighted by Gasteiger charge is -2.01. The van der Waals surface area contributed by atoms with Crippen molar-refractivity contribution in [2.24, 2.45) is 0 Å².